The zero-order valence-electron chi connectivity index (χ0n) is 15.4. The summed E-state index contributed by atoms with van der Waals surface area (Å²) in [6, 6.07) is 0. The van der Waals surface area contributed by atoms with E-state index in [4.69, 9.17) is 4.74 Å². The number of rotatable bonds is 7. The van der Waals surface area contributed by atoms with E-state index in [1.807, 2.05) is 0 Å². The monoisotopic (exact) mass is 348 g/mol. The summed E-state index contributed by atoms with van der Waals surface area (Å²) < 4.78 is 5.22. The van der Waals surface area contributed by atoms with Crippen molar-refractivity contribution in [3.8, 4) is 0 Å². The Hall–Kier alpha value is -1.39. The first-order valence-electron chi connectivity index (χ1n) is 10.2. The number of carbonyl (C=O) groups is 2. The van der Waals surface area contributed by atoms with Crippen LogP contribution in [0.4, 0.5) is 0 Å². The third kappa shape index (κ3) is 5.55. The Morgan fingerprint density at radius 3 is 2.48 bits per heavy atom. The lowest BCUT2D eigenvalue weighted by atomic mass is 9.86. The third-order valence-electron chi connectivity index (χ3n) is 6.00. The van der Waals surface area contributed by atoms with Crippen molar-refractivity contribution in [2.75, 3.05) is 26.2 Å². The molecule has 1 saturated carbocycles. The van der Waals surface area contributed by atoms with E-state index in [2.05, 4.69) is 9.89 Å². The van der Waals surface area contributed by atoms with E-state index < -0.39 is 0 Å². The normalized spacial score (nSPS) is 22.6. The van der Waals surface area contributed by atoms with Crippen LogP contribution in [0.1, 0.15) is 70.6 Å². The summed E-state index contributed by atoms with van der Waals surface area (Å²) in [5.41, 5.74) is 0. The molecule has 3 rings (SSSR count). The van der Waals surface area contributed by atoms with E-state index in [1.165, 1.54) is 32.1 Å². The van der Waals surface area contributed by atoms with Gasteiger partial charge in [0.1, 0.15) is 6.61 Å². The van der Waals surface area contributed by atoms with Crippen LogP contribution in [-0.2, 0) is 14.3 Å². The van der Waals surface area contributed by atoms with Crippen LogP contribution in [-0.4, -0.2) is 48.7 Å². The highest BCUT2D eigenvalue weighted by Crippen LogP contribution is 2.28. The van der Waals surface area contributed by atoms with Crippen LogP contribution in [0.2, 0.25) is 0 Å². The molecule has 0 N–H and O–H groups in total. The minimum Gasteiger partial charge on any atom is -0.473 e. The molecule has 0 radical (unpaired) electrons. The Balaban J connectivity index is 1.30. The second-order valence-corrected chi connectivity index (χ2v) is 7.88. The molecule has 0 spiro atoms. The van der Waals surface area contributed by atoms with Crippen LogP contribution in [0.15, 0.2) is 4.99 Å². The number of likely N-dealkylation sites (tertiary alicyclic amines) is 1. The largest absolute Gasteiger partial charge is 0.473 e. The van der Waals surface area contributed by atoms with Gasteiger partial charge in [0.2, 0.25) is 11.7 Å². The van der Waals surface area contributed by atoms with Gasteiger partial charge >= 0.3 is 0 Å². The molecule has 5 nitrogen and oxygen atoms in total. The number of hydrogen-bond donors (Lipinski definition) is 0. The summed E-state index contributed by atoms with van der Waals surface area (Å²) in [5, 5.41) is 0. The standard InChI is InChI=1S/C20H32N2O3/c23-18(20-21-11-14-25-20)8-4-7-16-9-12-22(13-10-16)19(24)15-17-5-2-1-3-6-17/h16-17H,1-15H2. The molecule has 0 unspecified atom stereocenters. The highest BCUT2D eigenvalue weighted by Gasteiger charge is 2.25. The van der Waals surface area contributed by atoms with Crippen molar-refractivity contribution < 1.29 is 14.3 Å². The smallest absolute Gasteiger partial charge is 0.253 e. The Labute approximate surface area is 151 Å². The van der Waals surface area contributed by atoms with E-state index in [0.29, 0.717) is 43.2 Å². The van der Waals surface area contributed by atoms with Crippen molar-refractivity contribution in [2.45, 2.75) is 70.6 Å². The van der Waals surface area contributed by atoms with Crippen molar-refractivity contribution in [2.24, 2.45) is 16.8 Å². The predicted octanol–water partition coefficient (Wildman–Crippen LogP) is 3.36. The first-order chi connectivity index (χ1) is 12.2. The summed E-state index contributed by atoms with van der Waals surface area (Å²) in [6.45, 7) is 2.98. The maximum atomic E-state index is 12.5. The lowest BCUT2D eigenvalue weighted by Gasteiger charge is -2.33. The fourth-order valence-electron chi connectivity index (χ4n) is 4.40. The van der Waals surface area contributed by atoms with Crippen molar-refractivity contribution in [1.29, 1.82) is 0 Å². The average Bonchev–Trinajstić information content (AvgIpc) is 3.18. The quantitative estimate of drug-likeness (QED) is 0.709. The third-order valence-corrected chi connectivity index (χ3v) is 6.00. The number of amides is 1. The van der Waals surface area contributed by atoms with Crippen molar-refractivity contribution in [3.63, 3.8) is 0 Å². The fourth-order valence-corrected chi connectivity index (χ4v) is 4.40. The van der Waals surface area contributed by atoms with Gasteiger partial charge in [-0.05, 0) is 50.4 Å². The van der Waals surface area contributed by atoms with Gasteiger partial charge in [-0.3, -0.25) is 9.59 Å². The number of carbonyl (C=O) groups excluding carboxylic acids is 2. The zero-order valence-corrected chi connectivity index (χ0v) is 15.4. The zero-order chi connectivity index (χ0) is 17.5. The average molecular weight is 348 g/mol. The van der Waals surface area contributed by atoms with Crippen LogP contribution in [0.5, 0.6) is 0 Å². The molecule has 0 aromatic heterocycles. The number of piperidine rings is 1. The fraction of sp³-hybridized carbons (Fsp3) is 0.850. The minimum atomic E-state index is 0.0533. The Morgan fingerprint density at radius 1 is 1.04 bits per heavy atom. The van der Waals surface area contributed by atoms with Crippen molar-refractivity contribution in [3.05, 3.63) is 0 Å². The maximum Gasteiger partial charge on any atom is 0.253 e. The molecule has 1 saturated heterocycles. The highest BCUT2D eigenvalue weighted by atomic mass is 16.5. The van der Waals surface area contributed by atoms with E-state index in [1.54, 1.807) is 0 Å². The SMILES string of the molecule is O=C(CCCC1CCN(C(=O)CC2CCCCC2)CC1)C1=NCCO1. The number of ether oxygens (including phenoxy) is 1. The number of nitrogens with zero attached hydrogens (tertiary/aromatic N) is 2. The number of aliphatic imine (C=N–C) groups is 1. The van der Waals surface area contributed by atoms with Crippen molar-refractivity contribution in [1.82, 2.24) is 4.90 Å². The molecular formula is C20H32N2O3. The van der Waals surface area contributed by atoms with Gasteiger partial charge in [-0.25, -0.2) is 4.99 Å². The summed E-state index contributed by atoms with van der Waals surface area (Å²) in [4.78, 5) is 30.5. The molecule has 0 aromatic carbocycles. The Kier molecular flexibility index (Phi) is 6.88. The van der Waals surface area contributed by atoms with Crippen LogP contribution in [0.3, 0.4) is 0 Å². The van der Waals surface area contributed by atoms with Gasteiger partial charge in [0.25, 0.3) is 5.90 Å². The highest BCUT2D eigenvalue weighted by molar-refractivity contribution is 6.36. The van der Waals surface area contributed by atoms with Gasteiger partial charge in [-0.15, -0.1) is 0 Å². The second-order valence-electron chi connectivity index (χ2n) is 7.88. The molecule has 2 aliphatic heterocycles. The molecule has 140 valence electrons. The molecule has 0 bridgehead atoms. The van der Waals surface area contributed by atoms with E-state index in [-0.39, 0.29) is 5.78 Å². The van der Waals surface area contributed by atoms with Crippen LogP contribution in [0, 0.1) is 11.8 Å². The molecule has 3 aliphatic rings. The van der Waals surface area contributed by atoms with Crippen LogP contribution in [0.25, 0.3) is 0 Å². The number of hydrogen-bond acceptors (Lipinski definition) is 4. The topological polar surface area (TPSA) is 59.0 Å². The van der Waals surface area contributed by atoms with Gasteiger partial charge in [0.15, 0.2) is 0 Å². The van der Waals surface area contributed by atoms with Gasteiger partial charge in [0.05, 0.1) is 6.54 Å². The molecule has 0 aromatic rings. The molecule has 1 amide bonds. The summed E-state index contributed by atoms with van der Waals surface area (Å²) in [6.07, 6.45) is 11.9. The molecule has 0 atom stereocenters. The minimum absolute atomic E-state index is 0.0533. The van der Waals surface area contributed by atoms with Gasteiger partial charge in [-0.2, -0.15) is 0 Å². The van der Waals surface area contributed by atoms with Gasteiger partial charge in [0, 0.05) is 25.9 Å². The Bertz CT molecular complexity index is 489. The van der Waals surface area contributed by atoms with Crippen LogP contribution < -0.4 is 0 Å². The summed E-state index contributed by atoms with van der Waals surface area (Å²) in [5.74, 6) is 2.04. The maximum absolute atomic E-state index is 12.5. The summed E-state index contributed by atoms with van der Waals surface area (Å²) >= 11 is 0. The lowest BCUT2D eigenvalue weighted by molar-refractivity contribution is -0.133. The molecule has 5 heteroatoms. The van der Waals surface area contributed by atoms with Crippen LogP contribution >= 0.6 is 0 Å². The Morgan fingerprint density at radius 2 is 1.80 bits per heavy atom. The number of Topliss-reactive ketones (excluding diaryl/α,β-unsaturated/α-hetero) is 1. The molecular weight excluding hydrogens is 316 g/mol. The summed E-state index contributed by atoms with van der Waals surface area (Å²) in [7, 11) is 0. The first-order valence-corrected chi connectivity index (χ1v) is 10.2. The molecule has 2 heterocycles. The van der Waals surface area contributed by atoms with E-state index in [0.717, 1.165) is 45.2 Å². The molecule has 25 heavy (non-hydrogen) atoms. The van der Waals surface area contributed by atoms with Gasteiger partial charge < -0.3 is 9.64 Å². The molecule has 2 fully saturated rings. The second kappa shape index (κ2) is 9.35. The van der Waals surface area contributed by atoms with Gasteiger partial charge in [-0.1, -0.05) is 19.3 Å². The lowest BCUT2D eigenvalue weighted by Crippen LogP contribution is -2.39. The first kappa shape index (κ1) is 18.4. The van der Waals surface area contributed by atoms with E-state index in [9.17, 15) is 9.59 Å². The van der Waals surface area contributed by atoms with Crippen molar-refractivity contribution >= 4 is 17.6 Å². The van der Waals surface area contributed by atoms with E-state index >= 15 is 0 Å². The number of ketones is 1. The molecule has 1 aliphatic carbocycles. The predicted molar refractivity (Wildman–Crippen MR) is 97.6 cm³/mol.